The molecule has 30 heavy (non-hydrogen) atoms. The second-order valence-corrected chi connectivity index (χ2v) is 9.30. The molecule has 0 heterocycles. The summed E-state index contributed by atoms with van der Waals surface area (Å²) in [5.74, 6) is 0. The predicted molar refractivity (Wildman–Crippen MR) is 123 cm³/mol. The molecule has 2 unspecified atom stereocenters. The van der Waals surface area contributed by atoms with Crippen molar-refractivity contribution in [3.8, 4) is 11.1 Å². The fourth-order valence-electron chi connectivity index (χ4n) is 3.83. The molecule has 4 rings (SSSR count). The highest BCUT2D eigenvalue weighted by Crippen LogP contribution is 2.41. The van der Waals surface area contributed by atoms with Crippen LogP contribution in [0.3, 0.4) is 0 Å². The molecule has 0 saturated heterocycles. The minimum absolute atomic E-state index is 0.286. The lowest BCUT2D eigenvalue weighted by Crippen LogP contribution is -2.03. The molecule has 0 radical (unpaired) electrons. The molecule has 154 valence electrons. The van der Waals surface area contributed by atoms with Gasteiger partial charge in [0.2, 0.25) is 0 Å². The summed E-state index contributed by atoms with van der Waals surface area (Å²) in [7, 11) is 0. The van der Waals surface area contributed by atoms with Crippen molar-refractivity contribution in [1.82, 2.24) is 0 Å². The Morgan fingerprint density at radius 2 is 1.27 bits per heavy atom. The number of hydrogen-bond donors (Lipinski definition) is 1. The van der Waals surface area contributed by atoms with Gasteiger partial charge in [0.15, 0.2) is 22.2 Å². The van der Waals surface area contributed by atoms with Gasteiger partial charge in [-0.3, -0.25) is 4.18 Å². The van der Waals surface area contributed by atoms with Gasteiger partial charge >= 0.3 is 0 Å². The molecule has 0 aliphatic carbocycles. The lowest BCUT2D eigenvalue weighted by atomic mass is 9.92. The van der Waals surface area contributed by atoms with Crippen molar-refractivity contribution in [2.45, 2.75) is 30.6 Å². The third-order valence-corrected chi connectivity index (χ3v) is 6.98. The van der Waals surface area contributed by atoms with Crippen LogP contribution in [0.25, 0.3) is 32.7 Å². The van der Waals surface area contributed by atoms with E-state index in [1.807, 2.05) is 56.3 Å². The van der Waals surface area contributed by atoms with Crippen LogP contribution in [0.15, 0.2) is 70.5 Å². The first-order valence-electron chi connectivity index (χ1n) is 9.63. The summed E-state index contributed by atoms with van der Waals surface area (Å²) in [6.07, 6.45) is 0. The lowest BCUT2D eigenvalue weighted by Gasteiger charge is -2.18. The van der Waals surface area contributed by atoms with Gasteiger partial charge in [-0.15, -0.1) is 0 Å². The molecule has 0 aliphatic heterocycles. The van der Waals surface area contributed by atoms with Crippen LogP contribution in [0.4, 0.5) is 0 Å². The minimum atomic E-state index is -2.21. The van der Waals surface area contributed by atoms with Gasteiger partial charge in [-0.25, -0.2) is 8.42 Å². The Balaban J connectivity index is 2.21. The highest BCUT2D eigenvalue weighted by molar-refractivity contribution is 7.80. The van der Waals surface area contributed by atoms with E-state index < -0.39 is 22.2 Å². The fourth-order valence-corrected chi connectivity index (χ4v) is 5.30. The Bertz CT molecular complexity index is 1330. The summed E-state index contributed by atoms with van der Waals surface area (Å²) >= 11 is -3.92. The number of rotatable bonds is 5. The van der Waals surface area contributed by atoms with Gasteiger partial charge in [0.05, 0.1) is 16.4 Å². The van der Waals surface area contributed by atoms with E-state index in [9.17, 15) is 13.0 Å². The van der Waals surface area contributed by atoms with E-state index in [4.69, 9.17) is 4.18 Å². The van der Waals surface area contributed by atoms with E-state index in [-0.39, 0.29) is 4.90 Å². The smallest absolute Gasteiger partial charge is 0.189 e. The molecule has 0 fully saturated rings. The molecule has 0 amide bonds. The van der Waals surface area contributed by atoms with Crippen LogP contribution in [-0.4, -0.2) is 19.6 Å². The van der Waals surface area contributed by atoms with Gasteiger partial charge in [-0.2, -0.15) is 0 Å². The minimum Gasteiger partial charge on any atom is -0.302 e. The van der Waals surface area contributed by atoms with E-state index in [1.165, 1.54) is 0 Å². The Kier molecular flexibility index (Phi) is 5.84. The SMILES string of the molecule is CCOS(=O)c1ccc2cc(C)ccc2c1-c1c(S(=O)O)ccc2cc(C)ccc12. The first-order valence-corrected chi connectivity index (χ1v) is 11.8. The largest absolute Gasteiger partial charge is 0.302 e. The zero-order chi connectivity index (χ0) is 21.4. The van der Waals surface area contributed by atoms with Gasteiger partial charge in [-0.05, 0) is 54.4 Å². The number of hydrogen-bond acceptors (Lipinski definition) is 3. The van der Waals surface area contributed by atoms with Crippen LogP contribution in [0.1, 0.15) is 18.1 Å². The highest BCUT2D eigenvalue weighted by atomic mass is 32.2. The molecule has 0 spiro atoms. The van der Waals surface area contributed by atoms with Crippen LogP contribution in [0, 0.1) is 13.8 Å². The van der Waals surface area contributed by atoms with E-state index in [1.54, 1.807) is 19.1 Å². The Morgan fingerprint density at radius 1 is 0.767 bits per heavy atom. The lowest BCUT2D eigenvalue weighted by molar-refractivity contribution is 0.372. The second kappa shape index (κ2) is 8.40. The highest BCUT2D eigenvalue weighted by Gasteiger charge is 2.22. The summed E-state index contributed by atoms with van der Waals surface area (Å²) in [6.45, 7) is 6.11. The predicted octanol–water partition coefficient (Wildman–Crippen LogP) is 5.92. The van der Waals surface area contributed by atoms with Crippen molar-refractivity contribution in [2.75, 3.05) is 6.61 Å². The summed E-state index contributed by atoms with van der Waals surface area (Å²) in [5.41, 5.74) is 3.49. The van der Waals surface area contributed by atoms with Crippen molar-refractivity contribution in [2.24, 2.45) is 0 Å². The van der Waals surface area contributed by atoms with Crippen LogP contribution >= 0.6 is 0 Å². The van der Waals surface area contributed by atoms with E-state index >= 15 is 0 Å². The Labute approximate surface area is 180 Å². The summed E-state index contributed by atoms with van der Waals surface area (Å²) < 4.78 is 40.8. The third kappa shape index (κ3) is 3.72. The molecule has 4 aromatic rings. The third-order valence-electron chi connectivity index (χ3n) is 5.12. The van der Waals surface area contributed by atoms with E-state index in [2.05, 4.69) is 6.07 Å². The van der Waals surface area contributed by atoms with E-state index in [0.717, 1.165) is 32.7 Å². The zero-order valence-corrected chi connectivity index (χ0v) is 18.6. The summed E-state index contributed by atoms with van der Waals surface area (Å²) in [6, 6.07) is 19.2. The number of fused-ring (bicyclic) bond motifs is 2. The standard InChI is InChI=1S/C24H22O4S2/c1-4-28-30(27)22-12-8-18-14-16(3)6-10-20(18)24(22)23-19-9-5-15(2)13-17(19)7-11-21(23)29(25)26/h5-14H,4H2,1-3H3,(H,25,26). The number of benzene rings is 4. The summed E-state index contributed by atoms with van der Waals surface area (Å²) in [5, 5.41) is 3.63. The molecule has 1 N–H and O–H groups in total. The maximum absolute atomic E-state index is 13.0. The van der Waals surface area contributed by atoms with E-state index in [0.29, 0.717) is 22.6 Å². The van der Waals surface area contributed by atoms with Crippen molar-refractivity contribution in [3.63, 3.8) is 0 Å². The normalized spacial score (nSPS) is 13.6. The van der Waals surface area contributed by atoms with Crippen molar-refractivity contribution < 1.29 is 17.2 Å². The van der Waals surface area contributed by atoms with Crippen LogP contribution in [0.5, 0.6) is 0 Å². The van der Waals surface area contributed by atoms with Gasteiger partial charge in [-0.1, -0.05) is 59.7 Å². The zero-order valence-electron chi connectivity index (χ0n) is 17.0. The Morgan fingerprint density at radius 3 is 1.77 bits per heavy atom. The van der Waals surface area contributed by atoms with Crippen molar-refractivity contribution in [1.29, 1.82) is 0 Å². The molecule has 0 aromatic heterocycles. The first kappa shape index (κ1) is 20.9. The monoisotopic (exact) mass is 438 g/mol. The molecule has 2 atom stereocenters. The fraction of sp³-hybridized carbons (Fsp3) is 0.167. The maximum Gasteiger partial charge on any atom is 0.189 e. The van der Waals surface area contributed by atoms with Crippen molar-refractivity contribution >= 4 is 43.7 Å². The first-order chi connectivity index (χ1) is 14.4. The summed E-state index contributed by atoms with van der Waals surface area (Å²) in [4.78, 5) is 0.780. The van der Waals surface area contributed by atoms with Gasteiger partial charge in [0.1, 0.15) is 0 Å². The molecule has 6 heteroatoms. The molecule has 4 aromatic carbocycles. The van der Waals surface area contributed by atoms with Crippen molar-refractivity contribution in [3.05, 3.63) is 71.8 Å². The quantitative estimate of drug-likeness (QED) is 0.393. The molecule has 0 bridgehead atoms. The molecular formula is C24H22O4S2. The molecule has 4 nitrogen and oxygen atoms in total. The topological polar surface area (TPSA) is 63.6 Å². The Hall–Kier alpha value is -2.38. The maximum atomic E-state index is 13.0. The molecular weight excluding hydrogens is 416 g/mol. The average Bonchev–Trinajstić information content (AvgIpc) is 2.71. The van der Waals surface area contributed by atoms with Crippen LogP contribution in [-0.2, 0) is 26.3 Å². The molecule has 0 saturated carbocycles. The number of aryl methyl sites for hydroxylation is 2. The van der Waals surface area contributed by atoms with Gasteiger partial charge < -0.3 is 4.55 Å². The average molecular weight is 439 g/mol. The second-order valence-electron chi connectivity index (χ2n) is 7.22. The van der Waals surface area contributed by atoms with Gasteiger partial charge in [0.25, 0.3) is 0 Å². The van der Waals surface area contributed by atoms with Gasteiger partial charge in [0, 0.05) is 11.1 Å². The van der Waals surface area contributed by atoms with Crippen LogP contribution in [0.2, 0.25) is 0 Å². The molecule has 0 aliphatic rings. The van der Waals surface area contributed by atoms with Crippen LogP contribution < -0.4 is 0 Å².